The van der Waals surface area contributed by atoms with Crippen LogP contribution in [-0.4, -0.2) is 66.1 Å². The summed E-state index contributed by atoms with van der Waals surface area (Å²) in [6.45, 7) is 7.65. The quantitative estimate of drug-likeness (QED) is 0.465. The molecule has 4 rings (SSSR count). The van der Waals surface area contributed by atoms with Crippen molar-refractivity contribution >= 4 is 11.6 Å². The largest absolute Gasteiger partial charge is 0.492 e. The van der Waals surface area contributed by atoms with Gasteiger partial charge in [0.15, 0.2) is 0 Å². The molecule has 2 heterocycles. The maximum Gasteiger partial charge on any atom is 0.418 e. The smallest absolute Gasteiger partial charge is 0.418 e. The van der Waals surface area contributed by atoms with Crippen molar-refractivity contribution in [1.29, 1.82) is 0 Å². The van der Waals surface area contributed by atoms with Gasteiger partial charge in [0.05, 0.1) is 24.3 Å². The van der Waals surface area contributed by atoms with Gasteiger partial charge < -0.3 is 20.3 Å². The van der Waals surface area contributed by atoms with Gasteiger partial charge in [0.25, 0.3) is 0 Å². The highest BCUT2D eigenvalue weighted by Crippen LogP contribution is 2.34. The molecule has 1 aliphatic carbocycles. The van der Waals surface area contributed by atoms with Crippen LogP contribution in [-0.2, 0) is 24.1 Å². The second kappa shape index (κ2) is 12.1. The van der Waals surface area contributed by atoms with Crippen LogP contribution in [0.2, 0.25) is 0 Å². The van der Waals surface area contributed by atoms with Crippen molar-refractivity contribution < 1.29 is 22.7 Å². The molecule has 7 nitrogen and oxygen atoms in total. The highest BCUT2D eigenvalue weighted by Gasteiger charge is 2.34. The lowest BCUT2D eigenvalue weighted by Crippen LogP contribution is -2.41. The molecule has 1 aliphatic heterocycles. The van der Waals surface area contributed by atoms with Crippen LogP contribution in [0.4, 0.5) is 18.9 Å². The van der Waals surface area contributed by atoms with E-state index in [2.05, 4.69) is 20.5 Å². The summed E-state index contributed by atoms with van der Waals surface area (Å²) < 4.78 is 46.6. The minimum atomic E-state index is -4.54. The van der Waals surface area contributed by atoms with Crippen LogP contribution < -0.4 is 15.4 Å². The van der Waals surface area contributed by atoms with Crippen molar-refractivity contribution in [2.24, 2.45) is 5.92 Å². The highest BCUT2D eigenvalue weighted by atomic mass is 19.4. The number of nitrogens with zero attached hydrogens (tertiary/aromatic N) is 3. The number of nitrogens with one attached hydrogen (secondary N) is 2. The first-order chi connectivity index (χ1) is 17.7. The topological polar surface area (TPSA) is 69.7 Å². The van der Waals surface area contributed by atoms with Crippen molar-refractivity contribution in [1.82, 2.24) is 20.1 Å². The summed E-state index contributed by atoms with van der Waals surface area (Å²) in [5.74, 6) is 1.26. The lowest BCUT2D eigenvalue weighted by atomic mass is 10.1. The third kappa shape index (κ3) is 7.82. The monoisotopic (exact) mass is 519 g/mol. The predicted molar refractivity (Wildman–Crippen MR) is 136 cm³/mol. The second-order valence-electron chi connectivity index (χ2n) is 10.1. The molecule has 10 heteroatoms. The first kappa shape index (κ1) is 27.2. The molecule has 1 aromatic carbocycles. The molecule has 0 spiro atoms. The van der Waals surface area contributed by atoms with Crippen LogP contribution in [0.25, 0.3) is 0 Å². The summed E-state index contributed by atoms with van der Waals surface area (Å²) in [5.41, 5.74) is 0.831. The normalized spacial score (nSPS) is 16.2. The number of fused-ring (bicyclic) bond motifs is 1. The van der Waals surface area contributed by atoms with Crippen molar-refractivity contribution in [3.8, 4) is 5.75 Å². The molecule has 1 fully saturated rings. The van der Waals surface area contributed by atoms with E-state index >= 15 is 0 Å². The molecule has 2 N–H and O–H groups in total. The zero-order valence-corrected chi connectivity index (χ0v) is 21.5. The maximum atomic E-state index is 13.6. The fourth-order valence-electron chi connectivity index (χ4n) is 4.50. The molecule has 0 unspecified atom stereocenters. The molecular formula is C27H36F3N5O2. The van der Waals surface area contributed by atoms with E-state index in [0.29, 0.717) is 13.2 Å². The number of anilines is 1. The van der Waals surface area contributed by atoms with Crippen LogP contribution in [0.15, 0.2) is 36.5 Å². The molecular weight excluding hydrogens is 483 g/mol. The minimum absolute atomic E-state index is 0.0467. The van der Waals surface area contributed by atoms with E-state index in [1.165, 1.54) is 30.0 Å². The summed E-state index contributed by atoms with van der Waals surface area (Å²) in [6, 6.07) is 8.19. The Morgan fingerprint density at radius 3 is 2.78 bits per heavy atom. The van der Waals surface area contributed by atoms with Gasteiger partial charge in [-0.3, -0.25) is 14.7 Å². The number of hydrogen-bond acceptors (Lipinski definition) is 6. The number of amides is 1. The van der Waals surface area contributed by atoms with Gasteiger partial charge in [-0.25, -0.2) is 0 Å². The fraction of sp³-hybridized carbons (Fsp3) is 0.556. The van der Waals surface area contributed by atoms with E-state index in [9.17, 15) is 18.0 Å². The summed E-state index contributed by atoms with van der Waals surface area (Å²) >= 11 is 0. The Morgan fingerprint density at radius 1 is 1.24 bits per heavy atom. The Labute approximate surface area is 216 Å². The number of carbonyl (C=O) groups is 1. The van der Waals surface area contributed by atoms with Gasteiger partial charge in [-0.15, -0.1) is 0 Å². The third-order valence-electron chi connectivity index (χ3n) is 6.65. The Bertz CT molecular complexity index is 1060. The lowest BCUT2D eigenvalue weighted by Gasteiger charge is -2.25. The number of rotatable bonds is 11. The SMILES string of the molecule is CC(C)NCCN(Cc1ncccc1C(F)(F)F)C(=O)CNc1cccc2c1CN(CC1CC1)CCO2. The van der Waals surface area contributed by atoms with Crippen LogP contribution in [0.5, 0.6) is 5.75 Å². The zero-order valence-electron chi connectivity index (χ0n) is 21.5. The molecule has 2 aliphatic rings. The third-order valence-corrected chi connectivity index (χ3v) is 6.65. The zero-order chi connectivity index (χ0) is 26.4. The number of halogens is 3. The van der Waals surface area contributed by atoms with Crippen molar-refractivity contribution in [3.05, 3.63) is 53.3 Å². The van der Waals surface area contributed by atoms with E-state index in [1.54, 1.807) is 0 Å². The van der Waals surface area contributed by atoms with E-state index in [0.717, 1.165) is 48.6 Å². The average Bonchev–Trinajstić information content (AvgIpc) is 3.68. The average molecular weight is 520 g/mol. The van der Waals surface area contributed by atoms with Gasteiger partial charge in [-0.05, 0) is 43.0 Å². The summed E-state index contributed by atoms with van der Waals surface area (Å²) in [5, 5.41) is 6.47. The lowest BCUT2D eigenvalue weighted by molar-refractivity contribution is -0.140. The number of aromatic nitrogens is 1. The summed E-state index contributed by atoms with van der Waals surface area (Å²) in [6.07, 6.45) is -0.677. The molecule has 1 saturated carbocycles. The number of ether oxygens (including phenoxy) is 1. The number of benzene rings is 1. The van der Waals surface area contributed by atoms with E-state index in [1.807, 2.05) is 32.0 Å². The molecule has 0 saturated heterocycles. The second-order valence-corrected chi connectivity index (χ2v) is 10.1. The van der Waals surface area contributed by atoms with Crippen molar-refractivity contribution in [2.75, 3.05) is 44.6 Å². The van der Waals surface area contributed by atoms with Gasteiger partial charge in [0.1, 0.15) is 12.4 Å². The van der Waals surface area contributed by atoms with Crippen LogP contribution in [0.1, 0.15) is 43.5 Å². The van der Waals surface area contributed by atoms with Crippen LogP contribution in [0.3, 0.4) is 0 Å². The molecule has 2 aromatic rings. The van der Waals surface area contributed by atoms with E-state index in [4.69, 9.17) is 4.74 Å². The molecule has 0 bridgehead atoms. The van der Waals surface area contributed by atoms with Crippen LogP contribution in [0, 0.1) is 5.92 Å². The first-order valence-corrected chi connectivity index (χ1v) is 12.9. The number of hydrogen-bond donors (Lipinski definition) is 2. The van der Waals surface area contributed by atoms with Gasteiger partial charge in [-0.1, -0.05) is 19.9 Å². The highest BCUT2D eigenvalue weighted by molar-refractivity contribution is 5.81. The van der Waals surface area contributed by atoms with Gasteiger partial charge in [-0.2, -0.15) is 13.2 Å². The van der Waals surface area contributed by atoms with Gasteiger partial charge in [0, 0.05) is 56.2 Å². The fourth-order valence-corrected chi connectivity index (χ4v) is 4.50. The minimum Gasteiger partial charge on any atom is -0.492 e. The van der Waals surface area contributed by atoms with Crippen LogP contribution >= 0.6 is 0 Å². The van der Waals surface area contributed by atoms with E-state index in [-0.39, 0.29) is 37.3 Å². The molecule has 1 amide bonds. The van der Waals surface area contributed by atoms with Crippen molar-refractivity contribution in [3.63, 3.8) is 0 Å². The van der Waals surface area contributed by atoms with E-state index < -0.39 is 11.7 Å². The van der Waals surface area contributed by atoms with Gasteiger partial charge in [0.2, 0.25) is 5.91 Å². The Hall–Kier alpha value is -2.85. The standard InChI is InChI=1S/C27H36F3N5O2/c1-19(2)31-11-12-35(18-24-22(27(28,29)30)5-4-10-32-24)26(36)15-33-23-6-3-7-25-21(23)17-34(13-14-37-25)16-20-8-9-20/h3-7,10,19-20,31,33H,8-9,11-18H2,1-2H3. The molecule has 0 radical (unpaired) electrons. The summed E-state index contributed by atoms with van der Waals surface area (Å²) in [7, 11) is 0. The maximum absolute atomic E-state index is 13.6. The molecule has 1 aromatic heterocycles. The number of alkyl halides is 3. The molecule has 202 valence electrons. The number of pyridine rings is 1. The Balaban J connectivity index is 1.47. The number of carbonyl (C=O) groups excluding carboxylic acids is 1. The van der Waals surface area contributed by atoms with Gasteiger partial charge >= 0.3 is 6.18 Å². The summed E-state index contributed by atoms with van der Waals surface area (Å²) in [4.78, 5) is 21.1. The van der Waals surface area contributed by atoms with Crippen molar-refractivity contribution in [2.45, 2.75) is 52.0 Å². The Kier molecular flexibility index (Phi) is 8.91. The molecule has 37 heavy (non-hydrogen) atoms. The molecule has 0 atom stereocenters. The predicted octanol–water partition coefficient (Wildman–Crippen LogP) is 4.14. The Morgan fingerprint density at radius 2 is 2.05 bits per heavy atom. The first-order valence-electron chi connectivity index (χ1n) is 12.9.